The van der Waals surface area contributed by atoms with Gasteiger partial charge < -0.3 is 14.6 Å². The number of likely N-dealkylation sites (tertiary alicyclic amines) is 1. The second kappa shape index (κ2) is 7.10. The van der Waals surface area contributed by atoms with Crippen molar-refractivity contribution in [1.29, 1.82) is 0 Å². The van der Waals surface area contributed by atoms with E-state index in [1.165, 1.54) is 25.8 Å². The molecule has 2 aromatic rings. The Kier molecular flexibility index (Phi) is 4.85. The number of allylic oxidation sites excluding steroid dienone is 2. The molecule has 1 aliphatic heterocycles. The van der Waals surface area contributed by atoms with Crippen LogP contribution in [0, 0.1) is 5.92 Å². The van der Waals surface area contributed by atoms with E-state index in [0.717, 1.165) is 42.9 Å². The third-order valence-corrected chi connectivity index (χ3v) is 5.95. The van der Waals surface area contributed by atoms with Crippen LogP contribution >= 0.6 is 11.6 Å². The van der Waals surface area contributed by atoms with Crippen LogP contribution in [0.25, 0.3) is 11.0 Å². The smallest absolute Gasteiger partial charge is 0.129 e. The fourth-order valence-corrected chi connectivity index (χ4v) is 4.36. The van der Waals surface area contributed by atoms with Crippen molar-refractivity contribution in [2.45, 2.75) is 44.2 Å². The van der Waals surface area contributed by atoms with E-state index in [0.29, 0.717) is 11.7 Å². The molecular formula is C20H26ClN3O. The van der Waals surface area contributed by atoms with Crippen LogP contribution < -0.4 is 0 Å². The summed E-state index contributed by atoms with van der Waals surface area (Å²) in [6.45, 7) is 3.77. The van der Waals surface area contributed by atoms with Crippen LogP contribution in [0.5, 0.6) is 0 Å². The van der Waals surface area contributed by atoms with Gasteiger partial charge in [-0.2, -0.15) is 0 Å². The van der Waals surface area contributed by atoms with Crippen molar-refractivity contribution < 1.29 is 5.11 Å². The first-order valence-electron chi connectivity index (χ1n) is 9.32. The van der Waals surface area contributed by atoms with Crippen LogP contribution in [-0.2, 0) is 6.54 Å². The highest BCUT2D eigenvalue weighted by Gasteiger charge is 2.33. The molecule has 0 unspecified atom stereocenters. The van der Waals surface area contributed by atoms with Crippen LogP contribution in [0.2, 0.25) is 5.15 Å². The predicted octanol–water partition coefficient (Wildman–Crippen LogP) is 3.87. The lowest BCUT2D eigenvalue weighted by molar-refractivity contribution is -0.0360. The minimum absolute atomic E-state index is 0.509. The maximum Gasteiger partial charge on any atom is 0.129 e. The largest absolute Gasteiger partial charge is 0.388 e. The van der Waals surface area contributed by atoms with Crippen LogP contribution in [0.3, 0.4) is 0 Å². The molecule has 5 heteroatoms. The SMILES string of the molecule is OC1(Cn2ccc3nc(Cl)ccc32)CCN(C[C@@H]2CC=CCC2)CC1. The molecule has 4 rings (SSSR count). The van der Waals surface area contributed by atoms with Gasteiger partial charge >= 0.3 is 0 Å². The fraction of sp³-hybridized carbons (Fsp3) is 0.550. The number of hydrogen-bond donors (Lipinski definition) is 1. The minimum Gasteiger partial charge on any atom is -0.388 e. The fourth-order valence-electron chi connectivity index (χ4n) is 4.20. The molecule has 2 aliphatic rings. The van der Waals surface area contributed by atoms with Gasteiger partial charge in [-0.15, -0.1) is 0 Å². The molecule has 25 heavy (non-hydrogen) atoms. The Bertz CT molecular complexity index is 761. The van der Waals surface area contributed by atoms with E-state index in [1.807, 2.05) is 24.4 Å². The highest BCUT2D eigenvalue weighted by atomic mass is 35.5. The van der Waals surface area contributed by atoms with Gasteiger partial charge in [0.15, 0.2) is 0 Å². The molecule has 0 radical (unpaired) electrons. The van der Waals surface area contributed by atoms with Crippen molar-refractivity contribution in [3.8, 4) is 0 Å². The first-order valence-corrected chi connectivity index (χ1v) is 9.70. The average molecular weight is 360 g/mol. The monoisotopic (exact) mass is 359 g/mol. The van der Waals surface area contributed by atoms with Crippen molar-refractivity contribution in [3.63, 3.8) is 0 Å². The summed E-state index contributed by atoms with van der Waals surface area (Å²) in [4.78, 5) is 6.87. The van der Waals surface area contributed by atoms with Gasteiger partial charge in [0.1, 0.15) is 5.15 Å². The zero-order chi connectivity index (χ0) is 17.3. The van der Waals surface area contributed by atoms with Crippen molar-refractivity contribution in [1.82, 2.24) is 14.5 Å². The van der Waals surface area contributed by atoms with E-state index in [9.17, 15) is 5.11 Å². The van der Waals surface area contributed by atoms with E-state index in [2.05, 4.69) is 26.6 Å². The molecule has 2 aromatic heterocycles. The molecule has 3 heterocycles. The maximum atomic E-state index is 11.1. The van der Waals surface area contributed by atoms with Crippen molar-refractivity contribution in [2.24, 2.45) is 5.92 Å². The third kappa shape index (κ3) is 3.91. The summed E-state index contributed by atoms with van der Waals surface area (Å²) >= 11 is 5.96. The maximum absolute atomic E-state index is 11.1. The zero-order valence-electron chi connectivity index (χ0n) is 14.6. The van der Waals surface area contributed by atoms with Gasteiger partial charge in [-0.3, -0.25) is 0 Å². The molecule has 0 bridgehead atoms. The molecule has 1 N–H and O–H groups in total. The lowest BCUT2D eigenvalue weighted by atomic mass is 9.89. The van der Waals surface area contributed by atoms with Gasteiger partial charge in [-0.25, -0.2) is 4.98 Å². The van der Waals surface area contributed by atoms with Crippen LogP contribution in [0.1, 0.15) is 32.1 Å². The normalized spacial score (nSPS) is 24.0. The Morgan fingerprint density at radius 1 is 1.20 bits per heavy atom. The summed E-state index contributed by atoms with van der Waals surface area (Å²) in [6, 6.07) is 5.77. The molecule has 0 aromatic carbocycles. The summed E-state index contributed by atoms with van der Waals surface area (Å²) in [5.74, 6) is 0.792. The van der Waals surface area contributed by atoms with E-state index in [4.69, 9.17) is 11.6 Å². The topological polar surface area (TPSA) is 41.3 Å². The molecule has 1 atom stereocenters. The van der Waals surface area contributed by atoms with E-state index >= 15 is 0 Å². The van der Waals surface area contributed by atoms with Gasteiger partial charge in [-0.05, 0) is 56.2 Å². The summed E-state index contributed by atoms with van der Waals surface area (Å²) in [5.41, 5.74) is 1.29. The van der Waals surface area contributed by atoms with E-state index in [-0.39, 0.29) is 0 Å². The van der Waals surface area contributed by atoms with Crippen molar-refractivity contribution in [3.05, 3.63) is 41.7 Å². The lowest BCUT2D eigenvalue weighted by Crippen LogP contribution is -2.47. The first kappa shape index (κ1) is 17.1. The number of fused-ring (bicyclic) bond motifs is 1. The first-order chi connectivity index (χ1) is 12.1. The number of pyridine rings is 1. The van der Waals surface area contributed by atoms with Crippen LogP contribution in [0.4, 0.5) is 0 Å². The Morgan fingerprint density at radius 2 is 2.04 bits per heavy atom. The Morgan fingerprint density at radius 3 is 2.80 bits per heavy atom. The summed E-state index contributed by atoms with van der Waals surface area (Å²) in [7, 11) is 0. The highest BCUT2D eigenvalue weighted by molar-refractivity contribution is 6.29. The molecule has 4 nitrogen and oxygen atoms in total. The number of piperidine rings is 1. The number of halogens is 1. The quantitative estimate of drug-likeness (QED) is 0.665. The average Bonchev–Trinajstić information content (AvgIpc) is 3.00. The van der Waals surface area contributed by atoms with E-state index < -0.39 is 5.60 Å². The molecule has 0 amide bonds. The molecular weight excluding hydrogens is 334 g/mol. The van der Waals surface area contributed by atoms with Gasteiger partial charge in [0.05, 0.1) is 23.2 Å². The second-order valence-corrected chi connectivity index (χ2v) is 8.04. The lowest BCUT2D eigenvalue weighted by Gasteiger charge is -2.40. The molecule has 1 aliphatic carbocycles. The van der Waals surface area contributed by atoms with Crippen molar-refractivity contribution in [2.75, 3.05) is 19.6 Å². The Labute approximate surface area is 154 Å². The number of aromatic nitrogens is 2. The van der Waals surface area contributed by atoms with Gasteiger partial charge in [0, 0.05) is 25.8 Å². The number of aliphatic hydroxyl groups is 1. The van der Waals surface area contributed by atoms with Gasteiger partial charge in [0.25, 0.3) is 0 Å². The summed E-state index contributed by atoms with van der Waals surface area (Å²) < 4.78 is 2.11. The Balaban J connectivity index is 1.37. The van der Waals surface area contributed by atoms with Gasteiger partial charge in [-0.1, -0.05) is 23.8 Å². The second-order valence-electron chi connectivity index (χ2n) is 7.66. The molecule has 1 saturated heterocycles. The molecule has 1 fully saturated rings. The predicted molar refractivity (Wildman–Crippen MR) is 102 cm³/mol. The summed E-state index contributed by atoms with van der Waals surface area (Å²) in [6.07, 6.45) is 12.0. The Hall–Kier alpha value is -1.36. The number of rotatable bonds is 4. The van der Waals surface area contributed by atoms with Crippen LogP contribution in [0.15, 0.2) is 36.5 Å². The minimum atomic E-state index is -0.630. The number of hydrogen-bond acceptors (Lipinski definition) is 3. The molecule has 0 saturated carbocycles. The molecule has 134 valence electrons. The number of nitrogens with zero attached hydrogens (tertiary/aromatic N) is 3. The van der Waals surface area contributed by atoms with Crippen molar-refractivity contribution >= 4 is 22.6 Å². The standard InChI is InChI=1S/C20H26ClN3O/c21-19-7-6-18-17(22-19)8-11-24(18)15-20(25)9-12-23(13-10-20)14-16-4-2-1-3-5-16/h1-2,6-8,11,16,25H,3-5,9-10,12-15H2/t16-/m1/s1. The van der Waals surface area contributed by atoms with Crippen LogP contribution in [-0.4, -0.2) is 44.8 Å². The van der Waals surface area contributed by atoms with E-state index in [1.54, 1.807) is 0 Å². The molecule has 0 spiro atoms. The van der Waals surface area contributed by atoms with Gasteiger partial charge in [0.2, 0.25) is 0 Å². The highest BCUT2D eigenvalue weighted by Crippen LogP contribution is 2.28. The zero-order valence-corrected chi connectivity index (χ0v) is 15.3. The third-order valence-electron chi connectivity index (χ3n) is 5.74. The summed E-state index contributed by atoms with van der Waals surface area (Å²) in [5, 5.41) is 11.6.